The largest absolute Gasteiger partial charge is 0.330 e. The highest BCUT2D eigenvalue weighted by Crippen LogP contribution is 2.22. The molecule has 0 aliphatic heterocycles. The predicted molar refractivity (Wildman–Crippen MR) is 126 cm³/mol. The van der Waals surface area contributed by atoms with E-state index in [0.717, 1.165) is 0 Å². The lowest BCUT2D eigenvalue weighted by Crippen LogP contribution is -2.37. The summed E-state index contributed by atoms with van der Waals surface area (Å²) in [6.45, 7) is 8.33. The van der Waals surface area contributed by atoms with Crippen molar-refractivity contribution < 1.29 is 17.6 Å². The number of sulfone groups is 1. The van der Waals surface area contributed by atoms with Gasteiger partial charge < -0.3 is 9.47 Å². The second-order valence-electron chi connectivity index (χ2n) is 8.82. The smallest absolute Gasteiger partial charge is 0.254 e. The van der Waals surface area contributed by atoms with Crippen LogP contribution in [0, 0.1) is 11.7 Å². The molecule has 0 saturated heterocycles. The van der Waals surface area contributed by atoms with Crippen LogP contribution in [0.3, 0.4) is 0 Å². The summed E-state index contributed by atoms with van der Waals surface area (Å²) in [7, 11) is -3.70. The van der Waals surface area contributed by atoms with E-state index in [1.165, 1.54) is 24.4 Å². The molecular weight excluding hydrogens is 441 g/mol. The molecule has 33 heavy (non-hydrogen) atoms. The van der Waals surface area contributed by atoms with E-state index in [1.807, 2.05) is 33.8 Å². The molecule has 3 rings (SSSR count). The van der Waals surface area contributed by atoms with Gasteiger partial charge >= 0.3 is 0 Å². The zero-order chi connectivity index (χ0) is 24.2. The van der Waals surface area contributed by atoms with E-state index < -0.39 is 15.7 Å². The molecule has 3 aromatic rings. The van der Waals surface area contributed by atoms with Gasteiger partial charge in [0.05, 0.1) is 24.2 Å². The highest BCUT2D eigenvalue weighted by Gasteiger charge is 2.27. The molecule has 0 aliphatic rings. The Morgan fingerprint density at radius 1 is 1.06 bits per heavy atom. The molecule has 2 aromatic carbocycles. The van der Waals surface area contributed by atoms with Gasteiger partial charge in [0.25, 0.3) is 5.91 Å². The van der Waals surface area contributed by atoms with Crippen molar-refractivity contribution in [1.82, 2.24) is 14.5 Å². The zero-order valence-corrected chi connectivity index (χ0v) is 20.2. The summed E-state index contributed by atoms with van der Waals surface area (Å²) in [5, 5.41) is -0.00281. The fraction of sp³-hybridized carbons (Fsp3) is 0.360. The molecule has 1 heterocycles. The van der Waals surface area contributed by atoms with Crippen LogP contribution in [0.25, 0.3) is 0 Å². The minimum absolute atomic E-state index is 0.00281. The summed E-state index contributed by atoms with van der Waals surface area (Å²) >= 11 is 0. The molecule has 0 bridgehead atoms. The maximum atomic E-state index is 13.7. The molecule has 0 aliphatic carbocycles. The van der Waals surface area contributed by atoms with E-state index in [2.05, 4.69) is 4.98 Å². The molecule has 0 fully saturated rings. The summed E-state index contributed by atoms with van der Waals surface area (Å²) in [5.41, 5.74) is 1.55. The fourth-order valence-corrected chi connectivity index (χ4v) is 5.14. The number of carbonyl (C=O) groups excluding carboxylic acids is 1. The maximum absolute atomic E-state index is 13.7. The molecule has 1 amide bonds. The Balaban J connectivity index is 1.96. The first-order valence-corrected chi connectivity index (χ1v) is 12.6. The summed E-state index contributed by atoms with van der Waals surface area (Å²) in [4.78, 5) is 19.0. The van der Waals surface area contributed by atoms with E-state index in [9.17, 15) is 17.6 Å². The van der Waals surface area contributed by atoms with Gasteiger partial charge in [0.2, 0.25) is 15.0 Å². The average Bonchev–Trinajstić information content (AvgIpc) is 3.14. The topological polar surface area (TPSA) is 72.3 Å². The Kier molecular flexibility index (Phi) is 7.68. The minimum Gasteiger partial charge on any atom is -0.330 e. The molecule has 0 atom stereocenters. The van der Waals surface area contributed by atoms with Gasteiger partial charge in [-0.1, -0.05) is 50.2 Å². The van der Waals surface area contributed by atoms with Crippen molar-refractivity contribution in [2.45, 2.75) is 57.7 Å². The van der Waals surface area contributed by atoms with Crippen molar-refractivity contribution in [2.24, 2.45) is 5.92 Å². The van der Waals surface area contributed by atoms with Crippen LogP contribution in [-0.2, 0) is 28.7 Å². The quantitative estimate of drug-likeness (QED) is 0.453. The standard InChI is InChI=1S/C25H30FN3O3S/c1-18(2)15-29-23(14-27-25(29)33(31,32)17-20-9-6-5-7-10-20)16-28(19(3)4)24(30)21-11-8-12-22(26)13-21/h5-14,18-19H,15-17H2,1-4H3. The first-order chi connectivity index (χ1) is 15.6. The third-order valence-electron chi connectivity index (χ3n) is 5.22. The maximum Gasteiger partial charge on any atom is 0.254 e. The Bertz CT molecular complexity index is 1200. The van der Waals surface area contributed by atoms with Gasteiger partial charge in [-0.25, -0.2) is 17.8 Å². The van der Waals surface area contributed by atoms with Crippen LogP contribution in [0.15, 0.2) is 66.0 Å². The molecule has 0 unspecified atom stereocenters. The normalized spacial score (nSPS) is 11.8. The first-order valence-electron chi connectivity index (χ1n) is 11.0. The van der Waals surface area contributed by atoms with Crippen molar-refractivity contribution in [3.63, 3.8) is 0 Å². The molecule has 8 heteroatoms. The lowest BCUT2D eigenvalue weighted by molar-refractivity contribution is 0.0684. The van der Waals surface area contributed by atoms with E-state index in [1.54, 1.807) is 39.8 Å². The van der Waals surface area contributed by atoms with E-state index >= 15 is 0 Å². The number of carbonyl (C=O) groups is 1. The molecule has 0 saturated carbocycles. The second-order valence-corrected chi connectivity index (χ2v) is 10.7. The predicted octanol–water partition coefficient (Wildman–Crippen LogP) is 4.70. The van der Waals surface area contributed by atoms with E-state index in [4.69, 9.17) is 0 Å². The minimum atomic E-state index is -3.70. The molecule has 1 aromatic heterocycles. The number of hydrogen-bond acceptors (Lipinski definition) is 4. The SMILES string of the molecule is CC(C)Cn1c(CN(C(=O)c2cccc(F)c2)C(C)C)cnc1S(=O)(=O)Cc1ccccc1. The number of imidazole rings is 1. The van der Waals surface area contributed by atoms with Gasteiger partial charge in [-0.05, 0) is 43.5 Å². The van der Waals surface area contributed by atoms with Crippen LogP contribution in [-0.4, -0.2) is 34.8 Å². The number of nitrogens with zero attached hydrogens (tertiary/aromatic N) is 3. The monoisotopic (exact) mass is 471 g/mol. The second kappa shape index (κ2) is 10.3. The van der Waals surface area contributed by atoms with Crippen molar-refractivity contribution in [2.75, 3.05) is 0 Å². The van der Waals surface area contributed by atoms with E-state index in [0.29, 0.717) is 17.8 Å². The Morgan fingerprint density at radius 2 is 1.76 bits per heavy atom. The molecule has 0 N–H and O–H groups in total. The zero-order valence-electron chi connectivity index (χ0n) is 19.4. The van der Waals surface area contributed by atoms with Crippen molar-refractivity contribution in [3.05, 3.63) is 83.4 Å². The number of halogens is 1. The number of benzene rings is 2. The summed E-state index contributed by atoms with van der Waals surface area (Å²) in [6, 6.07) is 14.4. The number of aromatic nitrogens is 2. The molecule has 176 valence electrons. The molecule has 6 nitrogen and oxygen atoms in total. The average molecular weight is 472 g/mol. The molecule has 0 radical (unpaired) electrons. The highest BCUT2D eigenvalue weighted by molar-refractivity contribution is 7.90. The Hall–Kier alpha value is -3.00. The van der Waals surface area contributed by atoms with Crippen LogP contribution in [0.4, 0.5) is 4.39 Å². The van der Waals surface area contributed by atoms with Gasteiger partial charge in [-0.2, -0.15) is 0 Å². The van der Waals surface area contributed by atoms with Crippen molar-refractivity contribution in [1.29, 1.82) is 0 Å². The molecular formula is C25H30FN3O3S. The lowest BCUT2D eigenvalue weighted by Gasteiger charge is -2.27. The van der Waals surface area contributed by atoms with Gasteiger partial charge in [0, 0.05) is 18.2 Å². The third-order valence-corrected chi connectivity index (χ3v) is 6.81. The fourth-order valence-electron chi connectivity index (χ4n) is 3.64. The first kappa shape index (κ1) is 24.6. The highest BCUT2D eigenvalue weighted by atomic mass is 32.2. The van der Waals surface area contributed by atoms with Crippen molar-refractivity contribution >= 4 is 15.7 Å². The third kappa shape index (κ3) is 6.07. The number of rotatable bonds is 9. The summed E-state index contributed by atoms with van der Waals surface area (Å²) < 4.78 is 41.8. The van der Waals surface area contributed by atoms with E-state index in [-0.39, 0.29) is 40.9 Å². The number of amides is 1. The lowest BCUT2D eigenvalue weighted by atomic mass is 10.1. The van der Waals surface area contributed by atoms with Gasteiger partial charge in [-0.3, -0.25) is 4.79 Å². The number of hydrogen-bond donors (Lipinski definition) is 0. The van der Waals surface area contributed by atoms with Crippen molar-refractivity contribution in [3.8, 4) is 0 Å². The van der Waals surface area contributed by atoms with Crippen LogP contribution < -0.4 is 0 Å². The van der Waals surface area contributed by atoms with Crippen LogP contribution in [0.2, 0.25) is 0 Å². The summed E-state index contributed by atoms with van der Waals surface area (Å²) in [6.07, 6.45) is 1.52. The Morgan fingerprint density at radius 3 is 2.36 bits per heavy atom. The van der Waals surface area contributed by atoms with Crippen LogP contribution in [0.1, 0.15) is 49.3 Å². The van der Waals surface area contributed by atoms with Gasteiger partial charge in [-0.15, -0.1) is 0 Å². The van der Waals surface area contributed by atoms with Crippen LogP contribution >= 0.6 is 0 Å². The summed E-state index contributed by atoms with van der Waals surface area (Å²) in [5.74, 6) is -0.798. The van der Waals surface area contributed by atoms with Gasteiger partial charge in [0.15, 0.2) is 0 Å². The molecule has 0 spiro atoms. The van der Waals surface area contributed by atoms with Crippen LogP contribution in [0.5, 0.6) is 0 Å². The van der Waals surface area contributed by atoms with Gasteiger partial charge in [0.1, 0.15) is 5.82 Å². The Labute approximate surface area is 195 Å².